The smallest absolute Gasteiger partial charge is 0.155 e. The van der Waals surface area contributed by atoms with Gasteiger partial charge in [0.25, 0.3) is 0 Å². The molecule has 0 aliphatic carbocycles. The molecule has 0 aliphatic heterocycles. The van der Waals surface area contributed by atoms with E-state index in [0.29, 0.717) is 0 Å². The largest absolute Gasteiger partial charge is 0.245 e. The molecule has 4 nitrogen and oxygen atoms in total. The lowest BCUT2D eigenvalue weighted by Gasteiger charge is -1.97. The minimum absolute atomic E-state index is 0.771. The summed E-state index contributed by atoms with van der Waals surface area (Å²) in [5, 5.41) is 4.12. The molecule has 0 fully saturated rings. The number of rotatable bonds is 2. The Morgan fingerprint density at radius 3 is 3.00 bits per heavy atom. The highest BCUT2D eigenvalue weighted by atomic mass is 15.2. The van der Waals surface area contributed by atoms with E-state index in [-0.39, 0.29) is 0 Å². The highest BCUT2D eigenvalue weighted by Gasteiger charge is 1.97. The summed E-state index contributed by atoms with van der Waals surface area (Å²) in [6.45, 7) is 1.97. The Hall–Kier alpha value is -2.67. The third-order valence-corrected chi connectivity index (χ3v) is 2.93. The summed E-state index contributed by atoms with van der Waals surface area (Å²) < 4.78 is 1.76. The van der Waals surface area contributed by atoms with Crippen LogP contribution in [-0.2, 0) is 6.42 Å². The molecular formula is C16H14N4. The summed E-state index contributed by atoms with van der Waals surface area (Å²) in [7, 11) is 0. The van der Waals surface area contributed by atoms with Gasteiger partial charge in [0.1, 0.15) is 5.69 Å². The Morgan fingerprint density at radius 1 is 1.15 bits per heavy atom. The van der Waals surface area contributed by atoms with E-state index in [2.05, 4.69) is 26.9 Å². The van der Waals surface area contributed by atoms with E-state index in [1.807, 2.05) is 43.5 Å². The first-order chi connectivity index (χ1) is 9.81. The Morgan fingerprint density at radius 2 is 2.10 bits per heavy atom. The van der Waals surface area contributed by atoms with Crippen LogP contribution >= 0.6 is 0 Å². The number of hydrogen-bond acceptors (Lipinski definition) is 3. The standard InChI is InChI=1S/C16H14N4/c1-13-5-4-8-14(18-13)6-2-3-7-15-10-12-20-16(19-15)9-11-17-20/h4-5,8-12H,3,7H2,1H3. The number of aromatic nitrogens is 4. The van der Waals surface area contributed by atoms with Crippen molar-refractivity contribution in [3.63, 3.8) is 0 Å². The molecule has 0 saturated heterocycles. The Kier molecular flexibility index (Phi) is 3.42. The lowest BCUT2D eigenvalue weighted by molar-refractivity contribution is 0.895. The van der Waals surface area contributed by atoms with Crippen molar-refractivity contribution < 1.29 is 0 Å². The highest BCUT2D eigenvalue weighted by Crippen LogP contribution is 2.03. The summed E-state index contributed by atoms with van der Waals surface area (Å²) in [6, 6.07) is 9.74. The molecule has 0 amide bonds. The van der Waals surface area contributed by atoms with Crippen LogP contribution in [-0.4, -0.2) is 19.6 Å². The van der Waals surface area contributed by atoms with Crippen LogP contribution in [0.15, 0.2) is 42.7 Å². The first-order valence-electron chi connectivity index (χ1n) is 6.53. The average Bonchev–Trinajstić information content (AvgIpc) is 2.91. The number of hydrogen-bond donors (Lipinski definition) is 0. The Bertz CT molecular complexity index is 793. The number of pyridine rings is 1. The van der Waals surface area contributed by atoms with Crippen molar-refractivity contribution in [2.75, 3.05) is 0 Å². The van der Waals surface area contributed by atoms with Gasteiger partial charge in [0.15, 0.2) is 5.65 Å². The van der Waals surface area contributed by atoms with Crippen LogP contribution < -0.4 is 0 Å². The van der Waals surface area contributed by atoms with Gasteiger partial charge in [-0.25, -0.2) is 14.5 Å². The monoisotopic (exact) mass is 262 g/mol. The molecule has 3 aromatic rings. The molecule has 20 heavy (non-hydrogen) atoms. The first kappa shape index (κ1) is 12.4. The molecule has 3 heterocycles. The van der Waals surface area contributed by atoms with Crippen molar-refractivity contribution in [2.45, 2.75) is 19.8 Å². The summed E-state index contributed by atoms with van der Waals surface area (Å²) >= 11 is 0. The Labute approximate surface area is 117 Å². The van der Waals surface area contributed by atoms with Crippen molar-refractivity contribution in [1.29, 1.82) is 0 Å². The second-order valence-electron chi connectivity index (χ2n) is 4.52. The molecule has 0 aliphatic rings. The summed E-state index contributed by atoms with van der Waals surface area (Å²) in [5.74, 6) is 6.23. The minimum atomic E-state index is 0.771. The predicted molar refractivity (Wildman–Crippen MR) is 77.2 cm³/mol. The molecule has 0 saturated carbocycles. The molecule has 3 rings (SSSR count). The van der Waals surface area contributed by atoms with Crippen LogP contribution in [0.2, 0.25) is 0 Å². The normalized spacial score (nSPS) is 10.2. The highest BCUT2D eigenvalue weighted by molar-refractivity contribution is 5.36. The topological polar surface area (TPSA) is 43.1 Å². The average molecular weight is 262 g/mol. The fourth-order valence-corrected chi connectivity index (χ4v) is 1.95. The minimum Gasteiger partial charge on any atom is -0.245 e. The molecule has 0 N–H and O–H groups in total. The quantitative estimate of drug-likeness (QED) is 0.666. The van der Waals surface area contributed by atoms with Gasteiger partial charge >= 0.3 is 0 Å². The maximum Gasteiger partial charge on any atom is 0.155 e. The molecule has 3 aromatic heterocycles. The molecule has 98 valence electrons. The van der Waals surface area contributed by atoms with E-state index in [9.17, 15) is 0 Å². The fraction of sp³-hybridized carbons (Fsp3) is 0.188. The third kappa shape index (κ3) is 2.83. The van der Waals surface area contributed by atoms with Crippen molar-refractivity contribution in [2.24, 2.45) is 0 Å². The first-order valence-corrected chi connectivity index (χ1v) is 6.53. The van der Waals surface area contributed by atoms with Gasteiger partial charge in [-0.2, -0.15) is 5.10 Å². The van der Waals surface area contributed by atoms with Crippen molar-refractivity contribution in [3.8, 4) is 11.8 Å². The summed E-state index contributed by atoms with van der Waals surface area (Å²) in [4.78, 5) is 8.86. The van der Waals surface area contributed by atoms with Crippen LogP contribution in [0.3, 0.4) is 0 Å². The van der Waals surface area contributed by atoms with Gasteiger partial charge in [0, 0.05) is 36.5 Å². The van der Waals surface area contributed by atoms with Gasteiger partial charge in [-0.05, 0) is 31.0 Å². The van der Waals surface area contributed by atoms with Gasteiger partial charge in [0.05, 0.1) is 6.20 Å². The predicted octanol–water partition coefficient (Wildman–Crippen LogP) is 2.42. The zero-order valence-corrected chi connectivity index (χ0v) is 11.2. The number of fused-ring (bicyclic) bond motifs is 1. The maximum absolute atomic E-state index is 4.51. The van der Waals surface area contributed by atoms with Crippen LogP contribution in [0.1, 0.15) is 23.5 Å². The van der Waals surface area contributed by atoms with E-state index in [0.717, 1.165) is 35.6 Å². The zero-order valence-electron chi connectivity index (χ0n) is 11.2. The second kappa shape index (κ2) is 5.54. The van der Waals surface area contributed by atoms with E-state index in [4.69, 9.17) is 0 Å². The molecule has 4 heteroatoms. The van der Waals surface area contributed by atoms with E-state index in [1.54, 1.807) is 10.7 Å². The molecular weight excluding hydrogens is 248 g/mol. The lowest BCUT2D eigenvalue weighted by Crippen LogP contribution is -1.94. The van der Waals surface area contributed by atoms with Gasteiger partial charge in [0.2, 0.25) is 0 Å². The van der Waals surface area contributed by atoms with Crippen molar-refractivity contribution in [1.82, 2.24) is 19.6 Å². The second-order valence-corrected chi connectivity index (χ2v) is 4.52. The summed E-state index contributed by atoms with van der Waals surface area (Å²) in [5.41, 5.74) is 3.72. The van der Waals surface area contributed by atoms with E-state index >= 15 is 0 Å². The lowest BCUT2D eigenvalue weighted by atomic mass is 10.2. The van der Waals surface area contributed by atoms with Crippen molar-refractivity contribution in [3.05, 3.63) is 59.8 Å². The maximum atomic E-state index is 4.51. The van der Waals surface area contributed by atoms with Crippen LogP contribution in [0.5, 0.6) is 0 Å². The zero-order chi connectivity index (χ0) is 13.8. The van der Waals surface area contributed by atoms with Crippen LogP contribution in [0, 0.1) is 18.8 Å². The Balaban J connectivity index is 1.65. The van der Waals surface area contributed by atoms with Crippen molar-refractivity contribution >= 4 is 5.65 Å². The number of aryl methyl sites for hydroxylation is 2. The SMILES string of the molecule is Cc1cccc(C#CCCc2ccn3nccc3n2)n1. The molecule has 0 radical (unpaired) electrons. The van der Waals surface area contributed by atoms with Crippen LogP contribution in [0.25, 0.3) is 5.65 Å². The third-order valence-electron chi connectivity index (χ3n) is 2.93. The van der Waals surface area contributed by atoms with Gasteiger partial charge < -0.3 is 0 Å². The van der Waals surface area contributed by atoms with Gasteiger partial charge in [-0.3, -0.25) is 0 Å². The molecule has 0 unspecified atom stereocenters. The molecule has 0 spiro atoms. The van der Waals surface area contributed by atoms with E-state index in [1.165, 1.54) is 0 Å². The fourth-order valence-electron chi connectivity index (χ4n) is 1.95. The van der Waals surface area contributed by atoms with Gasteiger partial charge in [-0.15, -0.1) is 0 Å². The molecule has 0 aromatic carbocycles. The molecule has 0 atom stereocenters. The van der Waals surface area contributed by atoms with Gasteiger partial charge in [-0.1, -0.05) is 12.0 Å². The van der Waals surface area contributed by atoms with E-state index < -0.39 is 0 Å². The molecule has 0 bridgehead atoms. The summed E-state index contributed by atoms with van der Waals surface area (Å²) in [6.07, 6.45) is 5.27. The van der Waals surface area contributed by atoms with Crippen LogP contribution in [0.4, 0.5) is 0 Å². The number of nitrogens with zero attached hydrogens (tertiary/aromatic N) is 4.